The number of rotatable bonds is 13. The van der Waals surface area contributed by atoms with Crippen LogP contribution in [-0.2, 0) is 30.4 Å². The van der Waals surface area contributed by atoms with E-state index >= 15 is 0 Å². The molecule has 0 aliphatic rings. The van der Waals surface area contributed by atoms with Gasteiger partial charge in [-0.25, -0.2) is 4.79 Å². The van der Waals surface area contributed by atoms with E-state index in [1.165, 1.54) is 6.92 Å². The van der Waals surface area contributed by atoms with Gasteiger partial charge in [0.25, 0.3) is 0 Å². The first-order valence-corrected chi connectivity index (χ1v) is 10.6. The Kier molecular flexibility index (Phi) is 11.0. The van der Waals surface area contributed by atoms with Crippen LogP contribution < -0.4 is 27.4 Å². The highest BCUT2D eigenvalue weighted by molar-refractivity contribution is 5.95. The van der Waals surface area contributed by atoms with E-state index in [0.717, 1.165) is 0 Å². The second-order valence-electron chi connectivity index (χ2n) is 8.30. The molecule has 1 rings (SSSR count). The molecule has 33 heavy (non-hydrogen) atoms. The SMILES string of the molecule is CC(C)C[C@H](NC(=O)[C@H](C)N)C(=O)N[C@@H](Cc1ccccc1)C(=O)N[C@@H](CC(N)=O)C(=O)O. The summed E-state index contributed by atoms with van der Waals surface area (Å²) in [6, 6.07) is 4.28. The normalized spacial score (nSPS) is 14.5. The number of hydrogen-bond donors (Lipinski definition) is 6. The number of carbonyl (C=O) groups excluding carboxylic acids is 4. The lowest BCUT2D eigenvalue weighted by Gasteiger charge is -2.25. The Morgan fingerprint density at radius 1 is 0.848 bits per heavy atom. The largest absolute Gasteiger partial charge is 0.480 e. The predicted octanol–water partition coefficient (Wildman–Crippen LogP) is -0.963. The number of benzene rings is 1. The Morgan fingerprint density at radius 2 is 1.36 bits per heavy atom. The summed E-state index contributed by atoms with van der Waals surface area (Å²) in [5.74, 6) is -4.23. The van der Waals surface area contributed by atoms with Crippen LogP contribution >= 0.6 is 0 Å². The van der Waals surface area contributed by atoms with Gasteiger partial charge in [0.2, 0.25) is 23.6 Å². The van der Waals surface area contributed by atoms with Crippen molar-refractivity contribution in [2.75, 3.05) is 0 Å². The number of primary amides is 1. The first-order valence-electron chi connectivity index (χ1n) is 10.6. The van der Waals surface area contributed by atoms with Crippen molar-refractivity contribution in [1.82, 2.24) is 16.0 Å². The fraction of sp³-hybridized carbons (Fsp3) is 0.500. The van der Waals surface area contributed by atoms with Crippen molar-refractivity contribution in [3.05, 3.63) is 35.9 Å². The minimum Gasteiger partial charge on any atom is -0.480 e. The maximum atomic E-state index is 13.0. The highest BCUT2D eigenvalue weighted by Crippen LogP contribution is 2.09. The summed E-state index contributed by atoms with van der Waals surface area (Å²) < 4.78 is 0. The van der Waals surface area contributed by atoms with E-state index in [1.54, 1.807) is 30.3 Å². The van der Waals surface area contributed by atoms with Gasteiger partial charge in [-0.05, 0) is 24.8 Å². The molecule has 1 aromatic carbocycles. The molecule has 0 bridgehead atoms. The maximum Gasteiger partial charge on any atom is 0.326 e. The van der Waals surface area contributed by atoms with Crippen LogP contribution in [0.15, 0.2) is 30.3 Å². The number of nitrogens with two attached hydrogens (primary N) is 2. The molecule has 0 aromatic heterocycles. The molecule has 0 heterocycles. The van der Waals surface area contributed by atoms with Crippen LogP contribution in [0.2, 0.25) is 0 Å². The average Bonchev–Trinajstić information content (AvgIpc) is 2.72. The average molecular weight is 464 g/mol. The van der Waals surface area contributed by atoms with E-state index < -0.39 is 60.2 Å². The first-order chi connectivity index (χ1) is 15.4. The van der Waals surface area contributed by atoms with Crippen LogP contribution in [0.1, 0.15) is 39.2 Å². The number of carbonyl (C=O) groups is 5. The molecule has 0 unspecified atom stereocenters. The number of nitrogens with one attached hydrogen (secondary N) is 3. The van der Waals surface area contributed by atoms with Crippen LogP contribution in [0.25, 0.3) is 0 Å². The molecule has 8 N–H and O–H groups in total. The summed E-state index contributed by atoms with van der Waals surface area (Å²) in [5, 5.41) is 16.7. The van der Waals surface area contributed by atoms with Gasteiger partial charge in [0.1, 0.15) is 18.1 Å². The molecule has 1 aromatic rings. The molecule has 0 saturated carbocycles. The Labute approximate surface area is 192 Å². The van der Waals surface area contributed by atoms with Gasteiger partial charge in [-0.3, -0.25) is 19.2 Å². The molecule has 11 heteroatoms. The van der Waals surface area contributed by atoms with Crippen molar-refractivity contribution in [2.45, 2.75) is 64.2 Å². The van der Waals surface area contributed by atoms with Gasteiger partial charge >= 0.3 is 5.97 Å². The smallest absolute Gasteiger partial charge is 0.326 e. The second kappa shape index (κ2) is 13.2. The lowest BCUT2D eigenvalue weighted by Crippen LogP contribution is -2.57. The molecular weight excluding hydrogens is 430 g/mol. The zero-order valence-corrected chi connectivity index (χ0v) is 19.0. The van der Waals surface area contributed by atoms with E-state index in [-0.39, 0.29) is 12.3 Å². The summed E-state index contributed by atoms with van der Waals surface area (Å²) in [6.07, 6.45) is -0.256. The molecule has 0 spiro atoms. The lowest BCUT2D eigenvalue weighted by atomic mass is 10.0. The Bertz CT molecular complexity index is 843. The summed E-state index contributed by atoms with van der Waals surface area (Å²) in [7, 11) is 0. The van der Waals surface area contributed by atoms with Crippen LogP contribution in [0.4, 0.5) is 0 Å². The fourth-order valence-electron chi connectivity index (χ4n) is 3.01. The van der Waals surface area contributed by atoms with Gasteiger partial charge < -0.3 is 32.5 Å². The molecular formula is C22H33N5O6. The van der Waals surface area contributed by atoms with Crippen molar-refractivity contribution in [2.24, 2.45) is 17.4 Å². The molecule has 0 aliphatic carbocycles. The third kappa shape index (κ3) is 10.1. The number of carboxylic acids is 1. The van der Waals surface area contributed by atoms with Crippen molar-refractivity contribution in [3.8, 4) is 0 Å². The minimum absolute atomic E-state index is 0.0440. The standard InChI is InChI=1S/C22H33N5O6/c1-12(2)9-15(25-19(29)13(3)23)20(30)26-16(10-14-7-5-4-6-8-14)21(31)27-17(22(32)33)11-18(24)28/h4-8,12-13,15-17H,9-11,23H2,1-3H3,(H2,24,28)(H,25,29)(H,26,30)(H,27,31)(H,32,33)/t13-,15-,16-,17-/m0/s1. The third-order valence-electron chi connectivity index (χ3n) is 4.69. The number of carboxylic acid groups (broad SMARTS) is 1. The van der Waals surface area contributed by atoms with Crippen molar-refractivity contribution in [1.29, 1.82) is 0 Å². The van der Waals surface area contributed by atoms with Gasteiger partial charge in [-0.1, -0.05) is 44.2 Å². The monoisotopic (exact) mass is 463 g/mol. The van der Waals surface area contributed by atoms with Crippen LogP contribution in [0, 0.1) is 5.92 Å². The van der Waals surface area contributed by atoms with E-state index in [0.29, 0.717) is 12.0 Å². The Hall–Kier alpha value is -3.47. The molecule has 182 valence electrons. The lowest BCUT2D eigenvalue weighted by molar-refractivity contribution is -0.143. The predicted molar refractivity (Wildman–Crippen MR) is 120 cm³/mol. The van der Waals surface area contributed by atoms with Crippen molar-refractivity contribution >= 4 is 29.6 Å². The topological polar surface area (TPSA) is 194 Å². The van der Waals surface area contributed by atoms with Gasteiger partial charge in [0, 0.05) is 6.42 Å². The van der Waals surface area contributed by atoms with Gasteiger partial charge in [-0.15, -0.1) is 0 Å². The molecule has 0 aliphatic heterocycles. The first kappa shape index (κ1) is 27.6. The maximum absolute atomic E-state index is 13.0. The van der Waals surface area contributed by atoms with Crippen molar-refractivity contribution in [3.63, 3.8) is 0 Å². The Morgan fingerprint density at radius 3 is 1.85 bits per heavy atom. The molecule has 4 atom stereocenters. The summed E-state index contributed by atoms with van der Waals surface area (Å²) in [4.78, 5) is 60.6. The van der Waals surface area contributed by atoms with E-state index in [1.807, 2.05) is 13.8 Å². The molecule has 0 saturated heterocycles. The van der Waals surface area contributed by atoms with E-state index in [9.17, 15) is 29.1 Å². The van der Waals surface area contributed by atoms with Gasteiger partial charge in [0.05, 0.1) is 12.5 Å². The summed E-state index contributed by atoms with van der Waals surface area (Å²) in [5.41, 5.74) is 11.4. The van der Waals surface area contributed by atoms with Crippen LogP contribution in [-0.4, -0.2) is 58.9 Å². The highest BCUT2D eigenvalue weighted by Gasteiger charge is 2.31. The quantitative estimate of drug-likeness (QED) is 0.217. The zero-order valence-electron chi connectivity index (χ0n) is 19.0. The Balaban J connectivity index is 3.11. The molecule has 4 amide bonds. The second-order valence-corrected chi connectivity index (χ2v) is 8.30. The molecule has 0 radical (unpaired) electrons. The summed E-state index contributed by atoms with van der Waals surface area (Å²) in [6.45, 7) is 5.22. The van der Waals surface area contributed by atoms with Crippen LogP contribution in [0.3, 0.4) is 0 Å². The van der Waals surface area contributed by atoms with Gasteiger partial charge in [-0.2, -0.15) is 0 Å². The summed E-state index contributed by atoms with van der Waals surface area (Å²) >= 11 is 0. The number of aliphatic carboxylic acids is 1. The number of amides is 4. The minimum atomic E-state index is -1.55. The molecule has 0 fully saturated rings. The fourth-order valence-corrected chi connectivity index (χ4v) is 3.01. The zero-order chi connectivity index (χ0) is 25.1. The molecule has 11 nitrogen and oxygen atoms in total. The van der Waals surface area contributed by atoms with Crippen molar-refractivity contribution < 1.29 is 29.1 Å². The van der Waals surface area contributed by atoms with E-state index in [2.05, 4.69) is 16.0 Å². The van der Waals surface area contributed by atoms with Crippen LogP contribution in [0.5, 0.6) is 0 Å². The van der Waals surface area contributed by atoms with E-state index in [4.69, 9.17) is 11.5 Å². The van der Waals surface area contributed by atoms with Gasteiger partial charge in [0.15, 0.2) is 0 Å². The third-order valence-corrected chi connectivity index (χ3v) is 4.69. The number of hydrogen-bond acceptors (Lipinski definition) is 6. The highest BCUT2D eigenvalue weighted by atomic mass is 16.4.